The molecule has 0 heterocycles. The minimum absolute atomic E-state index is 0.107. The van der Waals surface area contributed by atoms with Gasteiger partial charge in [0.15, 0.2) is 0 Å². The van der Waals surface area contributed by atoms with Gasteiger partial charge in [0.05, 0.1) is 7.11 Å². The molecule has 0 fully saturated rings. The Balaban J connectivity index is 2.94. The summed E-state index contributed by atoms with van der Waals surface area (Å²) in [5, 5.41) is 11.9. The average molecular weight is 360 g/mol. The molecule has 0 aromatic heterocycles. The molecule has 8 nitrogen and oxygen atoms in total. The second kappa shape index (κ2) is 9.44. The van der Waals surface area contributed by atoms with Crippen molar-refractivity contribution in [2.45, 2.75) is 26.4 Å². The monoisotopic (exact) mass is 360 g/mol. The number of hydrogen-bond donors (Lipinski definition) is 2. The minimum atomic E-state index is -0.712. The van der Waals surface area contributed by atoms with E-state index in [0.717, 1.165) is 11.1 Å². The van der Waals surface area contributed by atoms with Crippen LogP contribution in [0.1, 0.15) is 20.8 Å². The molecule has 2 amide bonds. The molecule has 0 unspecified atom stereocenters. The van der Waals surface area contributed by atoms with Crippen LogP contribution in [0, 0.1) is 11.3 Å². The van der Waals surface area contributed by atoms with E-state index in [1.165, 1.54) is 7.11 Å². The lowest BCUT2D eigenvalue weighted by molar-refractivity contribution is -0.112. The summed E-state index contributed by atoms with van der Waals surface area (Å²) in [6, 6.07) is 8.40. The van der Waals surface area contributed by atoms with Crippen LogP contribution in [0.3, 0.4) is 0 Å². The van der Waals surface area contributed by atoms with Crippen LogP contribution in [0.2, 0.25) is 0 Å². The first-order chi connectivity index (χ1) is 12.2. The van der Waals surface area contributed by atoms with Crippen molar-refractivity contribution in [3.8, 4) is 11.8 Å². The van der Waals surface area contributed by atoms with Gasteiger partial charge in [0.2, 0.25) is 0 Å². The maximum Gasteiger partial charge on any atom is 0.414 e. The SMILES string of the molecule is COc1ccc(NC(=O)/C(C#N)=C\N(CCN)C(=O)OC(C)(C)C)cc1. The van der Waals surface area contributed by atoms with Crippen molar-refractivity contribution in [2.75, 3.05) is 25.5 Å². The Bertz CT molecular complexity index is 699. The highest BCUT2D eigenvalue weighted by atomic mass is 16.6. The van der Waals surface area contributed by atoms with Crippen LogP contribution in [-0.2, 0) is 9.53 Å². The zero-order chi connectivity index (χ0) is 19.7. The third-order valence-electron chi connectivity index (χ3n) is 3.00. The van der Waals surface area contributed by atoms with E-state index in [-0.39, 0.29) is 18.7 Å². The van der Waals surface area contributed by atoms with Crippen molar-refractivity contribution >= 4 is 17.7 Å². The molecule has 3 N–H and O–H groups in total. The zero-order valence-corrected chi connectivity index (χ0v) is 15.4. The largest absolute Gasteiger partial charge is 0.497 e. The van der Waals surface area contributed by atoms with Gasteiger partial charge in [0.25, 0.3) is 5.91 Å². The Hall–Kier alpha value is -3.05. The van der Waals surface area contributed by atoms with Crippen molar-refractivity contribution in [1.29, 1.82) is 5.26 Å². The Labute approximate surface area is 153 Å². The average Bonchev–Trinajstić information content (AvgIpc) is 2.57. The molecule has 0 bridgehead atoms. The Morgan fingerprint density at radius 1 is 1.31 bits per heavy atom. The molecule has 140 valence electrons. The number of carbonyl (C=O) groups is 2. The first-order valence-corrected chi connectivity index (χ1v) is 7.97. The van der Waals surface area contributed by atoms with Crippen molar-refractivity contribution in [1.82, 2.24) is 4.90 Å². The highest BCUT2D eigenvalue weighted by Crippen LogP contribution is 2.16. The fourth-order valence-electron chi connectivity index (χ4n) is 1.84. The predicted molar refractivity (Wildman–Crippen MR) is 97.3 cm³/mol. The lowest BCUT2D eigenvalue weighted by Gasteiger charge is -2.25. The number of hydrogen-bond acceptors (Lipinski definition) is 6. The first-order valence-electron chi connectivity index (χ1n) is 7.97. The number of benzene rings is 1. The van der Waals surface area contributed by atoms with Crippen molar-refractivity contribution in [3.05, 3.63) is 36.0 Å². The Morgan fingerprint density at radius 2 is 1.92 bits per heavy atom. The van der Waals surface area contributed by atoms with Gasteiger partial charge >= 0.3 is 6.09 Å². The number of rotatable bonds is 6. The summed E-state index contributed by atoms with van der Waals surface area (Å²) in [5.74, 6) is -0.0126. The third-order valence-corrected chi connectivity index (χ3v) is 3.00. The van der Waals surface area contributed by atoms with Gasteiger partial charge in [-0.3, -0.25) is 9.69 Å². The van der Waals surface area contributed by atoms with Crippen LogP contribution in [0.25, 0.3) is 0 Å². The van der Waals surface area contributed by atoms with Crippen molar-refractivity contribution in [2.24, 2.45) is 5.73 Å². The minimum Gasteiger partial charge on any atom is -0.497 e. The summed E-state index contributed by atoms with van der Waals surface area (Å²) in [5.41, 5.74) is 5.02. The van der Waals surface area contributed by atoms with E-state index in [4.69, 9.17) is 15.2 Å². The molecule has 0 aliphatic rings. The van der Waals surface area contributed by atoms with Crippen LogP contribution in [0.5, 0.6) is 5.75 Å². The predicted octanol–water partition coefficient (Wildman–Crippen LogP) is 2.24. The number of nitrogens with zero attached hydrogens (tertiary/aromatic N) is 2. The summed E-state index contributed by atoms with van der Waals surface area (Å²) in [4.78, 5) is 25.6. The van der Waals surface area contributed by atoms with Gasteiger partial charge in [-0.05, 0) is 45.0 Å². The van der Waals surface area contributed by atoms with E-state index in [2.05, 4.69) is 5.32 Å². The summed E-state index contributed by atoms with van der Waals surface area (Å²) < 4.78 is 10.3. The highest BCUT2D eigenvalue weighted by Gasteiger charge is 2.22. The highest BCUT2D eigenvalue weighted by molar-refractivity contribution is 6.06. The zero-order valence-electron chi connectivity index (χ0n) is 15.4. The molecule has 1 rings (SSSR count). The summed E-state index contributed by atoms with van der Waals surface area (Å²) in [6.07, 6.45) is 0.452. The molecule has 0 aliphatic carbocycles. The number of nitrogens with two attached hydrogens (primary N) is 1. The van der Waals surface area contributed by atoms with Gasteiger partial charge < -0.3 is 20.5 Å². The number of nitriles is 1. The Morgan fingerprint density at radius 3 is 2.38 bits per heavy atom. The van der Waals surface area contributed by atoms with Crippen LogP contribution in [-0.4, -0.2) is 42.7 Å². The normalized spacial score (nSPS) is 11.3. The fraction of sp³-hybridized carbons (Fsp3) is 0.389. The number of nitrogens with one attached hydrogen (secondary N) is 1. The lowest BCUT2D eigenvalue weighted by Crippen LogP contribution is -2.37. The second-order valence-corrected chi connectivity index (χ2v) is 6.30. The van der Waals surface area contributed by atoms with E-state index >= 15 is 0 Å². The summed E-state index contributed by atoms with van der Waals surface area (Å²) in [6.45, 7) is 5.41. The maximum atomic E-state index is 12.3. The van der Waals surface area contributed by atoms with E-state index in [9.17, 15) is 14.9 Å². The number of amides is 2. The molecule has 1 aromatic carbocycles. The molecule has 0 saturated heterocycles. The topological polar surface area (TPSA) is 118 Å². The van der Waals surface area contributed by atoms with Crippen LogP contribution < -0.4 is 15.8 Å². The summed E-state index contributed by atoms with van der Waals surface area (Å²) >= 11 is 0. The van der Waals surface area contributed by atoms with Gasteiger partial charge in [-0.25, -0.2) is 4.79 Å². The lowest BCUT2D eigenvalue weighted by atomic mass is 10.2. The maximum absolute atomic E-state index is 12.3. The second-order valence-electron chi connectivity index (χ2n) is 6.30. The fourth-order valence-corrected chi connectivity index (χ4v) is 1.84. The molecule has 26 heavy (non-hydrogen) atoms. The van der Waals surface area contributed by atoms with E-state index in [0.29, 0.717) is 11.4 Å². The van der Waals surface area contributed by atoms with Crippen LogP contribution in [0.4, 0.5) is 10.5 Å². The smallest absolute Gasteiger partial charge is 0.414 e. The molecule has 1 aromatic rings. The molecule has 0 saturated carbocycles. The first kappa shape index (κ1) is 21.0. The number of carbonyl (C=O) groups excluding carboxylic acids is 2. The summed E-state index contributed by atoms with van der Waals surface area (Å²) in [7, 11) is 1.53. The Kier molecular flexibility index (Phi) is 7.62. The van der Waals surface area contributed by atoms with Gasteiger partial charge in [-0.15, -0.1) is 0 Å². The molecular weight excluding hydrogens is 336 g/mol. The number of methoxy groups -OCH3 is 1. The van der Waals surface area contributed by atoms with Gasteiger partial charge in [0, 0.05) is 25.0 Å². The molecular formula is C18H24N4O4. The number of anilines is 1. The molecule has 0 radical (unpaired) electrons. The van der Waals surface area contributed by atoms with Crippen molar-refractivity contribution in [3.63, 3.8) is 0 Å². The number of ether oxygens (including phenoxy) is 2. The van der Waals surface area contributed by atoms with Gasteiger partial charge in [-0.1, -0.05) is 0 Å². The molecule has 0 spiro atoms. The van der Waals surface area contributed by atoms with E-state index < -0.39 is 17.6 Å². The van der Waals surface area contributed by atoms with E-state index in [1.54, 1.807) is 51.1 Å². The molecule has 0 aliphatic heterocycles. The third kappa shape index (κ3) is 6.83. The molecule has 0 atom stereocenters. The van der Waals surface area contributed by atoms with Crippen molar-refractivity contribution < 1.29 is 19.1 Å². The van der Waals surface area contributed by atoms with Gasteiger partial charge in [-0.2, -0.15) is 5.26 Å². The van der Waals surface area contributed by atoms with E-state index in [1.807, 2.05) is 0 Å². The van der Waals surface area contributed by atoms with Crippen LogP contribution >= 0.6 is 0 Å². The molecule has 8 heteroatoms. The quantitative estimate of drug-likeness (QED) is 0.593. The van der Waals surface area contributed by atoms with Gasteiger partial charge in [0.1, 0.15) is 23.0 Å². The standard InChI is InChI=1S/C18H24N4O4/c1-18(2,3)26-17(24)22(10-9-19)12-13(11-20)16(23)21-14-5-7-15(25-4)8-6-14/h5-8,12H,9-10,19H2,1-4H3,(H,21,23)/b13-12-. The van der Waals surface area contributed by atoms with Crippen LogP contribution in [0.15, 0.2) is 36.0 Å².